The van der Waals surface area contributed by atoms with E-state index < -0.39 is 21.9 Å². The number of esters is 1. The van der Waals surface area contributed by atoms with Crippen LogP contribution in [0.25, 0.3) is 0 Å². The van der Waals surface area contributed by atoms with Gasteiger partial charge in [0.1, 0.15) is 5.00 Å². The SMILES string of the molecule is COC(=O)c1c(NC(=O)c2ccc(S(=O)(=O)N3C[C@@H](C)C[C@H](C)C3)cc2)sc2c1CCN(Cc1ccccc1)C2. The van der Waals surface area contributed by atoms with Gasteiger partial charge in [-0.3, -0.25) is 9.69 Å². The number of methoxy groups -OCH3 is 1. The molecule has 2 atom stereocenters. The molecule has 3 heterocycles. The monoisotopic (exact) mass is 581 g/mol. The molecule has 0 spiro atoms. The Morgan fingerprint density at radius 2 is 1.70 bits per heavy atom. The number of hydrogen-bond acceptors (Lipinski definition) is 7. The Balaban J connectivity index is 1.33. The highest BCUT2D eigenvalue weighted by atomic mass is 32.2. The van der Waals surface area contributed by atoms with Crippen LogP contribution in [0.15, 0.2) is 59.5 Å². The molecule has 3 aromatic rings. The van der Waals surface area contributed by atoms with E-state index in [0.29, 0.717) is 54.0 Å². The van der Waals surface area contributed by atoms with Crippen LogP contribution in [0.5, 0.6) is 0 Å². The molecule has 0 aliphatic carbocycles. The average molecular weight is 582 g/mol. The van der Waals surface area contributed by atoms with Crippen LogP contribution in [-0.4, -0.2) is 56.2 Å². The van der Waals surface area contributed by atoms with Gasteiger partial charge in [-0.05, 0) is 60.1 Å². The van der Waals surface area contributed by atoms with E-state index in [-0.39, 0.29) is 4.90 Å². The normalized spacial score (nSPS) is 20.1. The van der Waals surface area contributed by atoms with Crippen molar-refractivity contribution in [2.75, 3.05) is 32.1 Å². The van der Waals surface area contributed by atoms with E-state index >= 15 is 0 Å². The van der Waals surface area contributed by atoms with Crippen molar-refractivity contribution in [2.45, 2.75) is 44.7 Å². The van der Waals surface area contributed by atoms with Gasteiger partial charge in [-0.25, -0.2) is 13.2 Å². The van der Waals surface area contributed by atoms with Gasteiger partial charge in [0.15, 0.2) is 0 Å². The first-order valence-electron chi connectivity index (χ1n) is 13.6. The highest BCUT2D eigenvalue weighted by molar-refractivity contribution is 7.89. The lowest BCUT2D eigenvalue weighted by Gasteiger charge is -2.34. The van der Waals surface area contributed by atoms with Crippen molar-refractivity contribution < 1.29 is 22.7 Å². The molecule has 2 aliphatic rings. The fourth-order valence-electron chi connectivity index (χ4n) is 5.74. The van der Waals surface area contributed by atoms with E-state index in [1.165, 1.54) is 48.3 Å². The number of ether oxygens (including phenoxy) is 1. The molecule has 0 bridgehead atoms. The number of benzene rings is 2. The van der Waals surface area contributed by atoms with Crippen LogP contribution in [0.2, 0.25) is 0 Å². The molecule has 1 fully saturated rings. The van der Waals surface area contributed by atoms with Gasteiger partial charge >= 0.3 is 5.97 Å². The zero-order valence-electron chi connectivity index (χ0n) is 23.1. The highest BCUT2D eigenvalue weighted by Crippen LogP contribution is 2.38. The minimum Gasteiger partial charge on any atom is -0.465 e. The van der Waals surface area contributed by atoms with E-state index in [2.05, 4.69) is 36.2 Å². The zero-order chi connectivity index (χ0) is 28.4. The predicted octanol–water partition coefficient (Wildman–Crippen LogP) is 5.01. The molecule has 212 valence electrons. The van der Waals surface area contributed by atoms with Gasteiger partial charge < -0.3 is 10.1 Å². The molecule has 10 heteroatoms. The lowest BCUT2D eigenvalue weighted by molar-refractivity contribution is 0.0600. The van der Waals surface area contributed by atoms with Crippen LogP contribution in [0, 0.1) is 11.8 Å². The second-order valence-electron chi connectivity index (χ2n) is 10.9. The summed E-state index contributed by atoms with van der Waals surface area (Å²) in [5.41, 5.74) is 2.86. The summed E-state index contributed by atoms with van der Waals surface area (Å²) in [6, 6.07) is 16.2. The summed E-state index contributed by atoms with van der Waals surface area (Å²) in [4.78, 5) is 29.5. The number of thiophene rings is 1. The van der Waals surface area contributed by atoms with Gasteiger partial charge in [-0.15, -0.1) is 11.3 Å². The maximum Gasteiger partial charge on any atom is 0.341 e. The summed E-state index contributed by atoms with van der Waals surface area (Å²) in [5.74, 6) is -0.283. The standard InChI is InChI=1S/C30H35N3O5S2/c1-20-15-21(2)17-33(16-20)40(36,37)24-11-9-23(10-12-24)28(34)31-29-27(30(35)38-3)25-13-14-32(19-26(25)39-29)18-22-7-5-4-6-8-22/h4-12,20-21H,13-19H2,1-3H3,(H,31,34)/t20-,21-/m0/s1. The number of hydrogen-bond donors (Lipinski definition) is 1. The lowest BCUT2D eigenvalue weighted by atomic mass is 9.94. The number of sulfonamides is 1. The highest BCUT2D eigenvalue weighted by Gasteiger charge is 2.32. The lowest BCUT2D eigenvalue weighted by Crippen LogP contribution is -2.42. The van der Waals surface area contributed by atoms with E-state index in [0.717, 1.165) is 30.0 Å². The summed E-state index contributed by atoms with van der Waals surface area (Å²) in [6.45, 7) is 7.40. The molecule has 8 nitrogen and oxygen atoms in total. The second-order valence-corrected chi connectivity index (χ2v) is 13.9. The molecule has 2 aromatic carbocycles. The van der Waals surface area contributed by atoms with Crippen LogP contribution in [0.3, 0.4) is 0 Å². The van der Waals surface area contributed by atoms with Crippen molar-refractivity contribution in [3.63, 3.8) is 0 Å². The molecule has 5 rings (SSSR count). The van der Waals surface area contributed by atoms with Crippen molar-refractivity contribution in [1.82, 2.24) is 9.21 Å². The molecule has 1 saturated heterocycles. The summed E-state index contributed by atoms with van der Waals surface area (Å²) in [7, 11) is -2.30. The number of nitrogens with zero attached hydrogens (tertiary/aromatic N) is 2. The zero-order valence-corrected chi connectivity index (χ0v) is 24.7. The minimum atomic E-state index is -3.64. The fourth-order valence-corrected chi connectivity index (χ4v) is 8.70. The van der Waals surface area contributed by atoms with E-state index in [1.54, 1.807) is 4.31 Å². The molecule has 0 unspecified atom stereocenters. The van der Waals surface area contributed by atoms with Crippen molar-refractivity contribution in [2.24, 2.45) is 11.8 Å². The number of rotatable bonds is 7. The minimum absolute atomic E-state index is 0.172. The van der Waals surface area contributed by atoms with E-state index in [9.17, 15) is 18.0 Å². The first kappa shape index (κ1) is 28.5. The second kappa shape index (κ2) is 11.8. The predicted molar refractivity (Wildman–Crippen MR) is 156 cm³/mol. The Morgan fingerprint density at radius 1 is 1.02 bits per heavy atom. The number of fused-ring (bicyclic) bond motifs is 1. The number of amides is 1. The topological polar surface area (TPSA) is 96.0 Å². The molecule has 1 amide bonds. The first-order chi connectivity index (χ1) is 19.2. The molecule has 0 radical (unpaired) electrons. The van der Waals surface area contributed by atoms with Crippen molar-refractivity contribution in [3.8, 4) is 0 Å². The van der Waals surface area contributed by atoms with Crippen LogP contribution in [0.4, 0.5) is 5.00 Å². The number of carbonyl (C=O) groups excluding carboxylic acids is 2. The third kappa shape index (κ3) is 6.00. The number of anilines is 1. The van der Waals surface area contributed by atoms with E-state index in [1.807, 2.05) is 18.2 Å². The van der Waals surface area contributed by atoms with Gasteiger partial charge in [0, 0.05) is 43.2 Å². The van der Waals surface area contributed by atoms with Crippen LogP contribution < -0.4 is 5.32 Å². The maximum absolute atomic E-state index is 13.2. The van der Waals surface area contributed by atoms with Crippen LogP contribution in [0.1, 0.15) is 57.0 Å². The molecule has 1 aromatic heterocycles. The van der Waals surface area contributed by atoms with Gasteiger partial charge in [0.2, 0.25) is 10.0 Å². The third-order valence-corrected chi connectivity index (χ3v) is 10.6. The molecular weight excluding hydrogens is 546 g/mol. The largest absolute Gasteiger partial charge is 0.465 e. The summed E-state index contributed by atoms with van der Waals surface area (Å²) in [5, 5.41) is 3.35. The molecule has 1 N–H and O–H groups in total. The molecule has 2 aliphatic heterocycles. The Morgan fingerprint density at radius 3 is 2.35 bits per heavy atom. The number of carbonyl (C=O) groups is 2. The molecule has 0 saturated carbocycles. The smallest absolute Gasteiger partial charge is 0.341 e. The summed E-state index contributed by atoms with van der Waals surface area (Å²) >= 11 is 1.39. The van der Waals surface area contributed by atoms with Gasteiger partial charge in [0.05, 0.1) is 17.6 Å². The van der Waals surface area contributed by atoms with Gasteiger partial charge in [-0.2, -0.15) is 4.31 Å². The fraction of sp³-hybridized carbons (Fsp3) is 0.400. The van der Waals surface area contributed by atoms with Crippen LogP contribution in [-0.2, 0) is 34.3 Å². The quantitative estimate of drug-likeness (QED) is 0.394. The van der Waals surface area contributed by atoms with E-state index in [4.69, 9.17) is 4.74 Å². The van der Waals surface area contributed by atoms with Crippen molar-refractivity contribution >= 4 is 38.2 Å². The van der Waals surface area contributed by atoms with Gasteiger partial charge in [0.25, 0.3) is 5.91 Å². The average Bonchev–Trinajstić information content (AvgIpc) is 3.29. The third-order valence-electron chi connectivity index (χ3n) is 7.59. The van der Waals surface area contributed by atoms with Gasteiger partial charge in [-0.1, -0.05) is 44.2 Å². The number of piperidine rings is 1. The maximum atomic E-state index is 13.2. The first-order valence-corrected chi connectivity index (χ1v) is 15.8. The Kier molecular flexibility index (Phi) is 8.42. The Bertz CT molecular complexity index is 1480. The Labute approximate surface area is 240 Å². The summed E-state index contributed by atoms with van der Waals surface area (Å²) in [6.07, 6.45) is 1.69. The summed E-state index contributed by atoms with van der Waals surface area (Å²) < 4.78 is 33.1. The van der Waals surface area contributed by atoms with Crippen molar-refractivity contribution in [1.29, 1.82) is 0 Å². The van der Waals surface area contributed by atoms with Crippen molar-refractivity contribution in [3.05, 3.63) is 81.7 Å². The number of nitrogens with one attached hydrogen (secondary N) is 1. The molecule has 40 heavy (non-hydrogen) atoms. The molecular formula is C30H35N3O5S2. The van der Waals surface area contributed by atoms with Crippen LogP contribution >= 0.6 is 11.3 Å². The Hall–Kier alpha value is -3.05.